The molecule has 0 aromatic heterocycles. The van der Waals surface area contributed by atoms with Crippen molar-refractivity contribution in [3.63, 3.8) is 0 Å². The third-order valence-corrected chi connectivity index (χ3v) is 3.98. The van der Waals surface area contributed by atoms with Gasteiger partial charge in [0.05, 0.1) is 4.99 Å². The van der Waals surface area contributed by atoms with Crippen LogP contribution in [0.15, 0.2) is 24.3 Å². The predicted octanol–water partition coefficient (Wildman–Crippen LogP) is 1.60. The first-order valence-corrected chi connectivity index (χ1v) is 7.91. The smallest absolute Gasteiger partial charge is 0.119 e. The van der Waals surface area contributed by atoms with Crippen LogP contribution in [0.4, 0.5) is 0 Å². The second-order valence-corrected chi connectivity index (χ2v) is 6.15. The number of thiocarbonyl (C=S) groups is 1. The van der Waals surface area contributed by atoms with E-state index in [0.717, 1.165) is 37.4 Å². The van der Waals surface area contributed by atoms with E-state index in [1.807, 2.05) is 24.3 Å². The van der Waals surface area contributed by atoms with Crippen molar-refractivity contribution in [2.75, 3.05) is 32.8 Å². The van der Waals surface area contributed by atoms with Gasteiger partial charge in [-0.3, -0.25) is 4.90 Å². The summed E-state index contributed by atoms with van der Waals surface area (Å²) in [5.41, 5.74) is 6.63. The molecule has 1 aliphatic rings. The summed E-state index contributed by atoms with van der Waals surface area (Å²) < 4.78 is 5.77. The van der Waals surface area contributed by atoms with Gasteiger partial charge in [-0.05, 0) is 43.0 Å². The molecule has 4 nitrogen and oxygen atoms in total. The van der Waals surface area contributed by atoms with Crippen LogP contribution in [0.3, 0.4) is 0 Å². The Kier molecular flexibility index (Phi) is 6.42. The number of aliphatic hydroxyl groups excluding tert-OH is 1. The second kappa shape index (κ2) is 8.32. The highest BCUT2D eigenvalue weighted by Crippen LogP contribution is 2.16. The van der Waals surface area contributed by atoms with Gasteiger partial charge in [-0.2, -0.15) is 0 Å². The van der Waals surface area contributed by atoms with Gasteiger partial charge in [-0.15, -0.1) is 0 Å². The lowest BCUT2D eigenvalue weighted by molar-refractivity contribution is 0.107. The molecule has 1 heterocycles. The molecule has 0 amide bonds. The van der Waals surface area contributed by atoms with Gasteiger partial charge >= 0.3 is 0 Å². The maximum atomic E-state index is 9.22. The summed E-state index contributed by atoms with van der Waals surface area (Å²) in [6.07, 6.45) is 2.93. The highest BCUT2D eigenvalue weighted by atomic mass is 32.1. The van der Waals surface area contributed by atoms with Crippen LogP contribution in [0.25, 0.3) is 0 Å². The number of hydrogen-bond donors (Lipinski definition) is 2. The minimum atomic E-state index is 0.293. The van der Waals surface area contributed by atoms with Crippen LogP contribution in [-0.2, 0) is 6.42 Å². The molecule has 1 fully saturated rings. The summed E-state index contributed by atoms with van der Waals surface area (Å²) >= 11 is 4.90. The van der Waals surface area contributed by atoms with Gasteiger partial charge < -0.3 is 15.6 Å². The van der Waals surface area contributed by atoms with Gasteiger partial charge in [0.25, 0.3) is 0 Å². The van der Waals surface area contributed by atoms with Crippen LogP contribution in [0.2, 0.25) is 0 Å². The summed E-state index contributed by atoms with van der Waals surface area (Å²) in [6.45, 7) is 3.96. The molecule has 1 aromatic rings. The minimum absolute atomic E-state index is 0.293. The zero-order valence-corrected chi connectivity index (χ0v) is 13.1. The van der Waals surface area contributed by atoms with Crippen molar-refractivity contribution in [2.45, 2.75) is 19.3 Å². The molecule has 116 valence electrons. The third kappa shape index (κ3) is 5.61. The molecule has 5 heteroatoms. The van der Waals surface area contributed by atoms with Crippen LogP contribution >= 0.6 is 12.2 Å². The van der Waals surface area contributed by atoms with Crippen molar-refractivity contribution < 1.29 is 9.84 Å². The molecular formula is C16H24N2O2S. The quantitative estimate of drug-likeness (QED) is 0.749. The number of nitrogens with two attached hydrogens (primary N) is 1. The Morgan fingerprint density at radius 2 is 2.14 bits per heavy atom. The van der Waals surface area contributed by atoms with E-state index in [1.54, 1.807) is 0 Å². The van der Waals surface area contributed by atoms with Crippen LogP contribution < -0.4 is 10.5 Å². The third-order valence-electron chi connectivity index (χ3n) is 3.84. The Bertz CT molecular complexity index is 450. The highest BCUT2D eigenvalue weighted by Gasteiger charge is 2.18. The summed E-state index contributed by atoms with van der Waals surface area (Å²) in [4.78, 5) is 2.87. The van der Waals surface area contributed by atoms with Gasteiger partial charge in [0, 0.05) is 26.1 Å². The Hall–Kier alpha value is -1.17. The summed E-state index contributed by atoms with van der Waals surface area (Å²) in [7, 11) is 0. The van der Waals surface area contributed by atoms with E-state index < -0.39 is 0 Å². The number of nitrogens with zero attached hydrogens (tertiary/aromatic N) is 1. The van der Waals surface area contributed by atoms with Gasteiger partial charge in [0.15, 0.2) is 0 Å². The zero-order chi connectivity index (χ0) is 15.1. The van der Waals surface area contributed by atoms with Crippen molar-refractivity contribution in [1.82, 2.24) is 4.90 Å². The van der Waals surface area contributed by atoms with Crippen molar-refractivity contribution in [2.24, 2.45) is 11.7 Å². The molecule has 0 bridgehead atoms. The van der Waals surface area contributed by atoms with E-state index in [2.05, 4.69) is 4.90 Å². The molecule has 1 atom stereocenters. The molecule has 1 aromatic carbocycles. The molecule has 3 N–H and O–H groups in total. The molecule has 2 rings (SSSR count). The topological polar surface area (TPSA) is 58.7 Å². The lowest BCUT2D eigenvalue weighted by atomic mass is 9.99. The van der Waals surface area contributed by atoms with E-state index in [1.165, 1.54) is 6.42 Å². The molecule has 0 radical (unpaired) electrons. The van der Waals surface area contributed by atoms with Gasteiger partial charge in [0.2, 0.25) is 0 Å². The van der Waals surface area contributed by atoms with Crippen LogP contribution in [0.1, 0.15) is 18.4 Å². The first-order chi connectivity index (χ1) is 10.2. The number of piperidine rings is 1. The molecule has 1 aliphatic heterocycles. The first kappa shape index (κ1) is 16.2. The molecule has 0 aliphatic carbocycles. The number of ether oxygens (including phenoxy) is 1. The minimum Gasteiger partial charge on any atom is -0.492 e. The van der Waals surface area contributed by atoms with E-state index >= 15 is 0 Å². The molecule has 0 spiro atoms. The first-order valence-electron chi connectivity index (χ1n) is 7.50. The van der Waals surface area contributed by atoms with Gasteiger partial charge in [0.1, 0.15) is 12.4 Å². The van der Waals surface area contributed by atoms with Crippen molar-refractivity contribution in [3.8, 4) is 5.75 Å². The summed E-state index contributed by atoms with van der Waals surface area (Å²) in [6, 6.07) is 7.91. The maximum Gasteiger partial charge on any atom is 0.119 e. The van der Waals surface area contributed by atoms with Crippen LogP contribution in [0, 0.1) is 5.92 Å². The fourth-order valence-electron chi connectivity index (χ4n) is 2.70. The fraction of sp³-hybridized carbons (Fsp3) is 0.562. The van der Waals surface area contributed by atoms with Crippen LogP contribution in [-0.4, -0.2) is 47.8 Å². The average Bonchev–Trinajstić information content (AvgIpc) is 2.49. The average molecular weight is 308 g/mol. The Balaban J connectivity index is 1.71. The lowest BCUT2D eigenvalue weighted by Gasteiger charge is -2.31. The Morgan fingerprint density at radius 1 is 1.38 bits per heavy atom. The van der Waals surface area contributed by atoms with E-state index in [9.17, 15) is 5.11 Å². The summed E-state index contributed by atoms with van der Waals surface area (Å²) in [5, 5.41) is 9.22. The number of hydrogen-bond acceptors (Lipinski definition) is 4. The highest BCUT2D eigenvalue weighted by molar-refractivity contribution is 7.80. The number of rotatable bonds is 7. The largest absolute Gasteiger partial charge is 0.492 e. The molecule has 21 heavy (non-hydrogen) atoms. The van der Waals surface area contributed by atoms with E-state index in [4.69, 9.17) is 22.7 Å². The fourth-order valence-corrected chi connectivity index (χ4v) is 2.87. The SMILES string of the molecule is NC(=S)Cc1ccc(OCCN2CCCC(CO)C2)cc1. The van der Waals surface area contributed by atoms with E-state index in [0.29, 0.717) is 30.5 Å². The standard InChI is InChI=1S/C16H24N2O2S/c17-16(21)10-13-3-5-15(6-4-13)20-9-8-18-7-1-2-14(11-18)12-19/h3-6,14,19H,1-2,7-12H2,(H2,17,21). The maximum absolute atomic E-state index is 9.22. The van der Waals surface area contributed by atoms with Crippen molar-refractivity contribution in [1.29, 1.82) is 0 Å². The van der Waals surface area contributed by atoms with Gasteiger partial charge in [-0.1, -0.05) is 24.4 Å². The Morgan fingerprint density at radius 3 is 2.81 bits per heavy atom. The molecule has 1 saturated heterocycles. The summed E-state index contributed by atoms with van der Waals surface area (Å²) in [5.74, 6) is 1.30. The van der Waals surface area contributed by atoms with Gasteiger partial charge in [-0.25, -0.2) is 0 Å². The Labute approximate surface area is 131 Å². The molecule has 1 unspecified atom stereocenters. The molecule has 0 saturated carbocycles. The lowest BCUT2D eigenvalue weighted by Crippen LogP contribution is -2.39. The normalized spacial score (nSPS) is 19.4. The second-order valence-electron chi connectivity index (χ2n) is 5.63. The number of likely N-dealkylation sites (tertiary alicyclic amines) is 1. The van der Waals surface area contributed by atoms with Crippen LogP contribution in [0.5, 0.6) is 5.75 Å². The van der Waals surface area contributed by atoms with Crippen molar-refractivity contribution in [3.05, 3.63) is 29.8 Å². The monoisotopic (exact) mass is 308 g/mol. The van der Waals surface area contributed by atoms with Crippen molar-refractivity contribution >= 4 is 17.2 Å². The number of benzene rings is 1. The molecular weight excluding hydrogens is 284 g/mol. The van der Waals surface area contributed by atoms with E-state index in [-0.39, 0.29) is 0 Å². The number of aliphatic hydroxyl groups is 1. The predicted molar refractivity (Wildman–Crippen MR) is 88.7 cm³/mol. The zero-order valence-electron chi connectivity index (χ0n) is 12.3.